The summed E-state index contributed by atoms with van der Waals surface area (Å²) < 4.78 is 7.52. The molecule has 0 bridgehead atoms. The average Bonchev–Trinajstić information content (AvgIpc) is 3.16. The first-order valence-corrected chi connectivity index (χ1v) is 9.07. The third kappa shape index (κ3) is 3.46. The van der Waals surface area contributed by atoms with Gasteiger partial charge in [-0.1, -0.05) is 42.5 Å². The number of nitrogens with one attached hydrogen (secondary N) is 1. The Hall–Kier alpha value is -3.61. The molecule has 142 valence electrons. The highest BCUT2D eigenvalue weighted by molar-refractivity contribution is 5.95. The van der Waals surface area contributed by atoms with E-state index in [1.54, 1.807) is 4.68 Å². The maximum Gasteiger partial charge on any atom is 0.248 e. The Morgan fingerprint density at radius 3 is 2.64 bits per heavy atom. The van der Waals surface area contributed by atoms with Crippen LogP contribution < -0.4 is 15.8 Å². The molecular formula is C21H21N5O2. The maximum absolute atomic E-state index is 12.1. The van der Waals surface area contributed by atoms with Crippen LogP contribution in [0, 0.1) is 0 Å². The Bertz CT molecular complexity index is 1010. The van der Waals surface area contributed by atoms with E-state index >= 15 is 0 Å². The number of benzene rings is 2. The van der Waals surface area contributed by atoms with Crippen molar-refractivity contribution in [2.75, 3.05) is 11.9 Å². The molecule has 7 heteroatoms. The number of primary amides is 1. The Balaban J connectivity index is 1.52. The van der Waals surface area contributed by atoms with Crippen molar-refractivity contribution in [3.63, 3.8) is 0 Å². The molecule has 1 amide bonds. The monoisotopic (exact) mass is 375 g/mol. The first-order valence-electron chi connectivity index (χ1n) is 9.07. The molecule has 4 rings (SSSR count). The van der Waals surface area contributed by atoms with Gasteiger partial charge < -0.3 is 15.8 Å². The fourth-order valence-electron chi connectivity index (χ4n) is 3.40. The molecule has 1 aromatic heterocycles. The summed E-state index contributed by atoms with van der Waals surface area (Å²) in [6.07, 6.45) is 2.29. The molecule has 3 N–H and O–H groups in total. The van der Waals surface area contributed by atoms with Crippen molar-refractivity contribution in [3.8, 4) is 5.75 Å². The Morgan fingerprint density at radius 2 is 1.93 bits per heavy atom. The lowest BCUT2D eigenvalue weighted by Gasteiger charge is -2.27. The van der Waals surface area contributed by atoms with E-state index in [1.165, 1.54) is 11.9 Å². The molecule has 0 spiro atoms. The second-order valence-corrected chi connectivity index (χ2v) is 6.61. The average molecular weight is 375 g/mol. The van der Waals surface area contributed by atoms with E-state index in [9.17, 15) is 4.79 Å². The van der Waals surface area contributed by atoms with E-state index in [0.29, 0.717) is 23.8 Å². The van der Waals surface area contributed by atoms with Crippen molar-refractivity contribution >= 4 is 11.9 Å². The van der Waals surface area contributed by atoms with Gasteiger partial charge in [0.2, 0.25) is 11.9 Å². The number of anilines is 1. The van der Waals surface area contributed by atoms with Gasteiger partial charge in [0.25, 0.3) is 0 Å². The molecule has 28 heavy (non-hydrogen) atoms. The Morgan fingerprint density at radius 1 is 1.18 bits per heavy atom. The molecule has 2 heterocycles. The molecule has 0 fully saturated rings. The zero-order valence-corrected chi connectivity index (χ0v) is 15.5. The van der Waals surface area contributed by atoms with Gasteiger partial charge in [-0.2, -0.15) is 10.1 Å². The zero-order chi connectivity index (χ0) is 19.5. The van der Waals surface area contributed by atoms with Gasteiger partial charge in [-0.3, -0.25) is 4.79 Å². The normalized spacial score (nSPS) is 15.7. The summed E-state index contributed by atoms with van der Waals surface area (Å²) in [7, 11) is 0. The number of ether oxygens (including phenoxy) is 1. The number of hydrogen-bond acceptors (Lipinski definition) is 5. The minimum atomic E-state index is -0.487. The number of hydrogen-bond donors (Lipinski definition) is 2. The first kappa shape index (κ1) is 17.8. The van der Waals surface area contributed by atoms with Crippen molar-refractivity contribution in [2.45, 2.75) is 19.4 Å². The second-order valence-electron chi connectivity index (χ2n) is 6.61. The smallest absolute Gasteiger partial charge is 0.248 e. The van der Waals surface area contributed by atoms with E-state index < -0.39 is 11.9 Å². The lowest BCUT2D eigenvalue weighted by molar-refractivity contribution is -0.115. The van der Waals surface area contributed by atoms with Crippen LogP contribution >= 0.6 is 0 Å². The summed E-state index contributed by atoms with van der Waals surface area (Å²) in [4.78, 5) is 16.3. The Labute approximate surface area is 162 Å². The van der Waals surface area contributed by atoms with E-state index in [2.05, 4.69) is 27.5 Å². The molecule has 1 aliphatic rings. The van der Waals surface area contributed by atoms with E-state index in [1.807, 2.05) is 49.4 Å². The van der Waals surface area contributed by atoms with Crippen LogP contribution in [0.2, 0.25) is 0 Å². The van der Waals surface area contributed by atoms with Gasteiger partial charge in [0.1, 0.15) is 18.1 Å². The van der Waals surface area contributed by atoms with Crippen LogP contribution in [0.1, 0.15) is 24.1 Å². The highest BCUT2D eigenvalue weighted by atomic mass is 16.5. The molecule has 1 aliphatic heterocycles. The highest BCUT2D eigenvalue weighted by Crippen LogP contribution is 2.34. The third-order valence-electron chi connectivity index (χ3n) is 4.76. The summed E-state index contributed by atoms with van der Waals surface area (Å²) in [5, 5.41) is 7.33. The van der Waals surface area contributed by atoms with Gasteiger partial charge >= 0.3 is 0 Å². The first-order chi connectivity index (χ1) is 13.6. The molecule has 0 aliphatic carbocycles. The van der Waals surface area contributed by atoms with Crippen molar-refractivity contribution in [2.24, 2.45) is 5.73 Å². The lowest BCUT2D eigenvalue weighted by Crippen LogP contribution is -2.31. The number of nitrogens with zero attached hydrogens (tertiary/aromatic N) is 3. The molecule has 0 saturated heterocycles. The fraction of sp³-hybridized carbons (Fsp3) is 0.190. The fourth-order valence-corrected chi connectivity index (χ4v) is 3.40. The minimum Gasteiger partial charge on any atom is -0.493 e. The van der Waals surface area contributed by atoms with Gasteiger partial charge in [0.15, 0.2) is 0 Å². The van der Waals surface area contributed by atoms with E-state index in [4.69, 9.17) is 10.5 Å². The minimum absolute atomic E-state index is 0.422. The van der Waals surface area contributed by atoms with Crippen LogP contribution in [0.5, 0.6) is 5.75 Å². The van der Waals surface area contributed by atoms with Crippen molar-refractivity contribution in [3.05, 3.63) is 83.3 Å². The predicted molar refractivity (Wildman–Crippen MR) is 106 cm³/mol. The van der Waals surface area contributed by atoms with Crippen LogP contribution in [-0.4, -0.2) is 27.3 Å². The van der Waals surface area contributed by atoms with Gasteiger partial charge in [-0.05, 0) is 30.2 Å². The van der Waals surface area contributed by atoms with Crippen LogP contribution in [0.4, 0.5) is 5.95 Å². The predicted octanol–water partition coefficient (Wildman–Crippen LogP) is 2.67. The lowest BCUT2D eigenvalue weighted by atomic mass is 9.95. The third-order valence-corrected chi connectivity index (χ3v) is 4.76. The summed E-state index contributed by atoms with van der Waals surface area (Å²) in [6.45, 7) is 2.40. The molecule has 1 unspecified atom stereocenters. The topological polar surface area (TPSA) is 95.1 Å². The van der Waals surface area contributed by atoms with Crippen LogP contribution in [-0.2, 0) is 11.2 Å². The van der Waals surface area contributed by atoms with Crippen molar-refractivity contribution < 1.29 is 9.53 Å². The molecule has 0 radical (unpaired) electrons. The number of carbonyl (C=O) groups is 1. The van der Waals surface area contributed by atoms with Gasteiger partial charge in [0, 0.05) is 12.1 Å². The zero-order valence-electron chi connectivity index (χ0n) is 15.5. The molecule has 0 saturated carbocycles. The van der Waals surface area contributed by atoms with E-state index in [-0.39, 0.29) is 0 Å². The van der Waals surface area contributed by atoms with Crippen LogP contribution in [0.15, 0.2) is 72.2 Å². The van der Waals surface area contributed by atoms with Crippen LogP contribution in [0.25, 0.3) is 0 Å². The molecule has 7 nitrogen and oxygen atoms in total. The standard InChI is InChI=1S/C21H21N5O2/c1-14-18(20(22)27)19(26-21(25-14)23-13-24-26)16-7-9-17(10-8-16)28-12-11-15-5-3-2-4-6-15/h2-10,13,19H,11-12H2,1H3,(H2,22,27)(H,23,24,25). The molecule has 1 atom stereocenters. The molecule has 2 aromatic carbocycles. The SMILES string of the molecule is CC1=C(C(N)=O)C(c2ccc(OCCc3ccccc3)cc2)n2ncnc2N1. The van der Waals surface area contributed by atoms with Crippen molar-refractivity contribution in [1.29, 1.82) is 0 Å². The second kappa shape index (κ2) is 7.56. The summed E-state index contributed by atoms with van der Waals surface area (Å²) >= 11 is 0. The number of carbonyl (C=O) groups excluding carboxylic acids is 1. The number of amides is 1. The summed E-state index contributed by atoms with van der Waals surface area (Å²) in [6, 6.07) is 17.4. The highest BCUT2D eigenvalue weighted by Gasteiger charge is 2.32. The number of rotatable bonds is 6. The molecule has 3 aromatic rings. The summed E-state index contributed by atoms with van der Waals surface area (Å²) in [5.74, 6) is 0.865. The Kier molecular flexibility index (Phi) is 4.80. The van der Waals surface area contributed by atoms with E-state index in [0.717, 1.165) is 17.7 Å². The number of aromatic nitrogens is 3. The van der Waals surface area contributed by atoms with Gasteiger partial charge in [-0.15, -0.1) is 0 Å². The van der Waals surface area contributed by atoms with Gasteiger partial charge in [0.05, 0.1) is 12.2 Å². The quantitative estimate of drug-likeness (QED) is 0.691. The number of allylic oxidation sites excluding steroid dienone is 1. The van der Waals surface area contributed by atoms with Crippen molar-refractivity contribution in [1.82, 2.24) is 14.8 Å². The summed E-state index contributed by atoms with van der Waals surface area (Å²) in [5.41, 5.74) is 8.91. The van der Waals surface area contributed by atoms with Crippen LogP contribution in [0.3, 0.4) is 0 Å². The number of fused-ring (bicyclic) bond motifs is 1. The largest absolute Gasteiger partial charge is 0.493 e. The number of nitrogens with two attached hydrogens (primary N) is 1. The maximum atomic E-state index is 12.1. The van der Waals surface area contributed by atoms with Gasteiger partial charge in [-0.25, -0.2) is 4.68 Å². The molecular weight excluding hydrogens is 354 g/mol.